The van der Waals surface area contributed by atoms with Gasteiger partial charge in [-0.05, 0) is 63.3 Å². The number of aryl methyl sites for hydroxylation is 1. The number of ether oxygens (including phenoxy) is 1. The summed E-state index contributed by atoms with van der Waals surface area (Å²) in [5, 5.41) is 0. The third kappa shape index (κ3) is 3.77. The van der Waals surface area contributed by atoms with E-state index in [-0.39, 0.29) is 18.4 Å². The number of hydrogen-bond donors (Lipinski definition) is 1. The molecule has 0 radical (unpaired) electrons. The van der Waals surface area contributed by atoms with E-state index >= 15 is 0 Å². The van der Waals surface area contributed by atoms with Crippen molar-refractivity contribution >= 4 is 9.84 Å². The Morgan fingerprint density at radius 2 is 2.05 bits per heavy atom. The van der Waals surface area contributed by atoms with Gasteiger partial charge in [0, 0.05) is 6.04 Å². The molecule has 0 heterocycles. The fraction of sp³-hybridized carbons (Fsp3) is 0.625. The van der Waals surface area contributed by atoms with Gasteiger partial charge in [0.1, 0.15) is 12.4 Å². The lowest BCUT2D eigenvalue weighted by molar-refractivity contribution is 0.338. The fourth-order valence-corrected chi connectivity index (χ4v) is 3.39. The van der Waals surface area contributed by atoms with E-state index in [1.165, 1.54) is 5.56 Å². The lowest BCUT2D eigenvalue weighted by atomic mass is 9.88. The first-order chi connectivity index (χ1) is 9.71. The molecule has 0 amide bonds. The Morgan fingerprint density at radius 1 is 1.33 bits per heavy atom. The first-order valence-corrected chi connectivity index (χ1v) is 9.09. The quantitative estimate of drug-likeness (QED) is 0.928. The van der Waals surface area contributed by atoms with Crippen LogP contribution in [0.2, 0.25) is 0 Å². The number of fused-ring (bicyclic) bond motifs is 1. The average molecular weight is 311 g/mol. The minimum Gasteiger partial charge on any atom is -0.493 e. The van der Waals surface area contributed by atoms with Crippen molar-refractivity contribution in [2.45, 2.75) is 50.8 Å². The number of hydrogen-bond acceptors (Lipinski definition) is 4. The molecule has 118 valence electrons. The molecule has 0 unspecified atom stereocenters. The summed E-state index contributed by atoms with van der Waals surface area (Å²) in [7, 11) is -3.15. The molecule has 1 aliphatic carbocycles. The van der Waals surface area contributed by atoms with E-state index in [0.717, 1.165) is 24.8 Å². The second-order valence-corrected chi connectivity index (χ2v) is 9.50. The van der Waals surface area contributed by atoms with E-state index in [2.05, 4.69) is 0 Å². The number of rotatable bonds is 4. The minimum absolute atomic E-state index is 0.0274. The highest BCUT2D eigenvalue weighted by molar-refractivity contribution is 7.92. The van der Waals surface area contributed by atoms with E-state index in [0.29, 0.717) is 5.75 Å². The van der Waals surface area contributed by atoms with Crippen LogP contribution < -0.4 is 10.5 Å². The van der Waals surface area contributed by atoms with Crippen LogP contribution >= 0.6 is 0 Å². The van der Waals surface area contributed by atoms with Crippen LogP contribution in [0.25, 0.3) is 0 Å². The summed E-state index contributed by atoms with van der Waals surface area (Å²) in [6.45, 7) is 5.30. The predicted molar refractivity (Wildman–Crippen MR) is 85.3 cm³/mol. The molecule has 0 spiro atoms. The Hall–Kier alpha value is -1.07. The van der Waals surface area contributed by atoms with Gasteiger partial charge in [-0.3, -0.25) is 0 Å². The molecular weight excluding hydrogens is 286 g/mol. The lowest BCUT2D eigenvalue weighted by Gasteiger charge is -2.23. The van der Waals surface area contributed by atoms with Gasteiger partial charge in [0.05, 0.1) is 10.5 Å². The van der Waals surface area contributed by atoms with Crippen molar-refractivity contribution in [1.82, 2.24) is 0 Å². The van der Waals surface area contributed by atoms with Crippen LogP contribution in [0.15, 0.2) is 18.2 Å². The maximum Gasteiger partial charge on any atom is 0.158 e. The van der Waals surface area contributed by atoms with Crippen LogP contribution in [-0.4, -0.2) is 25.5 Å². The minimum atomic E-state index is -3.15. The largest absolute Gasteiger partial charge is 0.493 e. The summed E-state index contributed by atoms with van der Waals surface area (Å²) in [4.78, 5) is 0. The van der Waals surface area contributed by atoms with Crippen molar-refractivity contribution < 1.29 is 13.2 Å². The number of nitrogens with two attached hydrogens (primary N) is 1. The molecule has 5 heteroatoms. The molecule has 0 fully saturated rings. The predicted octanol–water partition coefficient (Wildman–Crippen LogP) is 2.61. The van der Waals surface area contributed by atoms with E-state index < -0.39 is 14.6 Å². The summed E-state index contributed by atoms with van der Waals surface area (Å²) < 4.78 is 28.9. The monoisotopic (exact) mass is 311 g/mol. The Labute approximate surface area is 127 Å². The van der Waals surface area contributed by atoms with E-state index in [1.54, 1.807) is 20.8 Å². The number of sulfone groups is 1. The van der Waals surface area contributed by atoms with Gasteiger partial charge >= 0.3 is 0 Å². The third-order valence-corrected chi connectivity index (χ3v) is 6.60. The first-order valence-electron chi connectivity index (χ1n) is 7.44. The third-order valence-electron chi connectivity index (χ3n) is 4.03. The zero-order chi connectivity index (χ0) is 15.7. The number of benzene rings is 1. The van der Waals surface area contributed by atoms with Crippen molar-refractivity contribution in [3.8, 4) is 5.75 Å². The molecule has 1 aromatic carbocycles. The normalized spacial score (nSPS) is 19.1. The standard InChI is InChI=1S/C16H25NO3S/c1-16(2,3)21(18,19)10-9-20-13-8-7-12-5-4-6-15(17)14(12)11-13/h7-8,11,15H,4-6,9-10,17H2,1-3H3/t15-/m1/s1. The van der Waals surface area contributed by atoms with Crippen LogP contribution in [0.4, 0.5) is 0 Å². The summed E-state index contributed by atoms with van der Waals surface area (Å²) in [5.41, 5.74) is 8.54. The molecule has 0 saturated heterocycles. The highest BCUT2D eigenvalue weighted by Crippen LogP contribution is 2.30. The molecule has 0 aliphatic heterocycles. The van der Waals surface area contributed by atoms with Gasteiger partial charge in [-0.15, -0.1) is 0 Å². The molecule has 1 aliphatic rings. The van der Waals surface area contributed by atoms with Gasteiger partial charge in [0.2, 0.25) is 0 Å². The van der Waals surface area contributed by atoms with Crippen LogP contribution in [0.3, 0.4) is 0 Å². The van der Waals surface area contributed by atoms with Crippen LogP contribution in [-0.2, 0) is 16.3 Å². The van der Waals surface area contributed by atoms with Crippen molar-refractivity contribution in [1.29, 1.82) is 0 Å². The van der Waals surface area contributed by atoms with Crippen LogP contribution in [0.5, 0.6) is 5.75 Å². The summed E-state index contributed by atoms with van der Waals surface area (Å²) in [6, 6.07) is 5.97. The van der Waals surface area contributed by atoms with Gasteiger partial charge in [-0.1, -0.05) is 6.07 Å². The van der Waals surface area contributed by atoms with E-state index in [9.17, 15) is 8.42 Å². The molecule has 0 aromatic heterocycles. The Kier molecular flexibility index (Phi) is 4.63. The second-order valence-electron chi connectivity index (χ2n) is 6.64. The van der Waals surface area contributed by atoms with E-state index in [4.69, 9.17) is 10.5 Å². The molecule has 21 heavy (non-hydrogen) atoms. The van der Waals surface area contributed by atoms with Gasteiger partial charge in [0.15, 0.2) is 9.84 Å². The smallest absolute Gasteiger partial charge is 0.158 e. The molecule has 2 N–H and O–H groups in total. The molecule has 0 bridgehead atoms. The topological polar surface area (TPSA) is 69.4 Å². The SMILES string of the molecule is CC(C)(C)S(=O)(=O)CCOc1ccc2c(c1)[C@H](N)CCC2. The summed E-state index contributed by atoms with van der Waals surface area (Å²) in [5.74, 6) is 0.731. The average Bonchev–Trinajstić information content (AvgIpc) is 2.38. The molecule has 2 rings (SSSR count). The fourth-order valence-electron chi connectivity index (χ4n) is 2.48. The molecule has 1 atom stereocenters. The molecule has 1 aromatic rings. The maximum absolute atomic E-state index is 12.0. The Balaban J connectivity index is 2.00. The first kappa shape index (κ1) is 16.3. The summed E-state index contributed by atoms with van der Waals surface area (Å²) in [6.07, 6.45) is 3.18. The highest BCUT2D eigenvalue weighted by atomic mass is 32.2. The second kappa shape index (κ2) is 5.97. The maximum atomic E-state index is 12.0. The molecule has 4 nitrogen and oxygen atoms in total. The van der Waals surface area contributed by atoms with Gasteiger partial charge < -0.3 is 10.5 Å². The van der Waals surface area contributed by atoms with Crippen molar-refractivity contribution in [2.75, 3.05) is 12.4 Å². The van der Waals surface area contributed by atoms with Gasteiger partial charge in [0.25, 0.3) is 0 Å². The highest BCUT2D eigenvalue weighted by Gasteiger charge is 2.28. The zero-order valence-corrected chi connectivity index (χ0v) is 13.9. The Morgan fingerprint density at radius 3 is 2.71 bits per heavy atom. The van der Waals surface area contributed by atoms with Crippen molar-refractivity contribution in [2.24, 2.45) is 5.73 Å². The molecular formula is C16H25NO3S. The molecule has 0 saturated carbocycles. The summed E-state index contributed by atoms with van der Waals surface area (Å²) >= 11 is 0. The van der Waals surface area contributed by atoms with Gasteiger partial charge in [-0.2, -0.15) is 0 Å². The van der Waals surface area contributed by atoms with Crippen LogP contribution in [0, 0.1) is 0 Å². The van der Waals surface area contributed by atoms with Crippen LogP contribution in [0.1, 0.15) is 50.8 Å². The van der Waals surface area contributed by atoms with E-state index in [1.807, 2.05) is 18.2 Å². The lowest BCUT2D eigenvalue weighted by Crippen LogP contribution is -2.32. The Bertz CT molecular complexity index is 602. The zero-order valence-electron chi connectivity index (χ0n) is 13.1. The van der Waals surface area contributed by atoms with Gasteiger partial charge in [-0.25, -0.2) is 8.42 Å². The van der Waals surface area contributed by atoms with Crippen molar-refractivity contribution in [3.63, 3.8) is 0 Å². The van der Waals surface area contributed by atoms with Crippen molar-refractivity contribution in [3.05, 3.63) is 29.3 Å².